The molecule has 0 aliphatic heterocycles. The van der Waals surface area contributed by atoms with Crippen LogP contribution in [0.4, 0.5) is 17.1 Å². The first kappa shape index (κ1) is 18.0. The summed E-state index contributed by atoms with van der Waals surface area (Å²) in [4.78, 5) is 11.1. The molecule has 0 saturated heterocycles. The molecule has 5 heteroatoms. The Labute approximate surface area is 188 Å². The van der Waals surface area contributed by atoms with E-state index in [0.29, 0.717) is 5.71 Å². The lowest BCUT2D eigenvalue weighted by Crippen LogP contribution is -2.10. The smallest absolute Gasteiger partial charge is 0.227 e. The zero-order chi connectivity index (χ0) is 21.8. The largest absolute Gasteiger partial charge is 0.454 e. The molecule has 33 heavy (non-hydrogen) atoms. The van der Waals surface area contributed by atoms with E-state index in [1.165, 1.54) is 0 Å². The topological polar surface area (TPSA) is 55.3 Å². The predicted molar refractivity (Wildman–Crippen MR) is 131 cm³/mol. The molecule has 0 amide bonds. The quantitative estimate of drug-likeness (QED) is 0.289. The molecule has 7 aromatic rings. The Bertz CT molecular complexity index is 1780. The number of benzene rings is 3. The Morgan fingerprint density at radius 2 is 1.42 bits per heavy atom. The standard InChI is InChI=1S/C28H17N3O2/c1-2-7-18(8-3-1)31(19-12-13-26-22(15-19)21-10-6-14-30-28(21)33-26)24-17-29-16-23-20-9-4-5-11-25(20)32-27(23)24/h1-17H. The fourth-order valence-electron chi connectivity index (χ4n) is 4.53. The summed E-state index contributed by atoms with van der Waals surface area (Å²) in [7, 11) is 0. The molecule has 0 radical (unpaired) electrons. The van der Waals surface area contributed by atoms with Crippen molar-refractivity contribution in [1.29, 1.82) is 0 Å². The highest BCUT2D eigenvalue weighted by atomic mass is 16.3. The van der Waals surface area contributed by atoms with Crippen molar-refractivity contribution in [3.8, 4) is 0 Å². The molecular formula is C28H17N3O2. The highest BCUT2D eigenvalue weighted by Gasteiger charge is 2.20. The number of anilines is 3. The SMILES string of the molecule is c1ccc(N(c2ccc3oc4ncccc4c3c2)c2cncc3c2oc2ccccc23)cc1. The van der Waals surface area contributed by atoms with E-state index >= 15 is 0 Å². The lowest BCUT2D eigenvalue weighted by molar-refractivity contribution is 0.654. The number of pyridine rings is 2. The van der Waals surface area contributed by atoms with Crippen LogP contribution in [-0.4, -0.2) is 9.97 Å². The number of nitrogens with zero attached hydrogens (tertiary/aromatic N) is 3. The lowest BCUT2D eigenvalue weighted by Gasteiger charge is -2.25. The van der Waals surface area contributed by atoms with Gasteiger partial charge in [0, 0.05) is 45.3 Å². The van der Waals surface area contributed by atoms with Crippen molar-refractivity contribution >= 4 is 61.1 Å². The van der Waals surface area contributed by atoms with Crippen LogP contribution in [0.25, 0.3) is 44.0 Å². The van der Waals surface area contributed by atoms with E-state index in [1.807, 2.05) is 67.0 Å². The van der Waals surface area contributed by atoms with Crippen LogP contribution in [0.5, 0.6) is 0 Å². The van der Waals surface area contributed by atoms with Gasteiger partial charge in [-0.05, 0) is 48.5 Å². The van der Waals surface area contributed by atoms with Crippen LogP contribution in [0.3, 0.4) is 0 Å². The van der Waals surface area contributed by atoms with Crippen LogP contribution < -0.4 is 4.90 Å². The molecule has 5 nitrogen and oxygen atoms in total. The Hall–Kier alpha value is -4.64. The van der Waals surface area contributed by atoms with Gasteiger partial charge in [-0.1, -0.05) is 36.4 Å². The van der Waals surface area contributed by atoms with Gasteiger partial charge in [0.05, 0.1) is 6.20 Å². The summed E-state index contributed by atoms with van der Waals surface area (Å²) in [6.07, 6.45) is 5.47. The van der Waals surface area contributed by atoms with Gasteiger partial charge in [-0.25, -0.2) is 4.98 Å². The second-order valence-electron chi connectivity index (χ2n) is 7.94. The maximum Gasteiger partial charge on any atom is 0.227 e. The van der Waals surface area contributed by atoms with E-state index in [0.717, 1.165) is 55.4 Å². The van der Waals surface area contributed by atoms with Crippen molar-refractivity contribution < 1.29 is 8.83 Å². The van der Waals surface area contributed by atoms with Gasteiger partial charge < -0.3 is 13.7 Å². The van der Waals surface area contributed by atoms with E-state index < -0.39 is 0 Å². The second kappa shape index (κ2) is 6.93. The zero-order valence-corrected chi connectivity index (χ0v) is 17.5. The summed E-state index contributed by atoms with van der Waals surface area (Å²) in [5, 5.41) is 4.05. The monoisotopic (exact) mass is 427 g/mol. The summed E-state index contributed by atoms with van der Waals surface area (Å²) in [5.41, 5.74) is 5.95. The Morgan fingerprint density at radius 3 is 2.36 bits per heavy atom. The van der Waals surface area contributed by atoms with Gasteiger partial charge in [-0.2, -0.15) is 0 Å². The molecule has 0 bridgehead atoms. The Kier molecular flexibility index (Phi) is 3.78. The highest BCUT2D eigenvalue weighted by molar-refractivity contribution is 6.10. The summed E-state index contributed by atoms with van der Waals surface area (Å²) in [6, 6.07) is 28.5. The number of para-hydroxylation sites is 2. The number of hydrogen-bond acceptors (Lipinski definition) is 5. The Morgan fingerprint density at radius 1 is 0.606 bits per heavy atom. The van der Waals surface area contributed by atoms with Gasteiger partial charge in [0.25, 0.3) is 0 Å². The molecule has 3 aromatic carbocycles. The van der Waals surface area contributed by atoms with Crippen LogP contribution in [0.2, 0.25) is 0 Å². The second-order valence-corrected chi connectivity index (χ2v) is 7.94. The zero-order valence-electron chi connectivity index (χ0n) is 17.5. The minimum absolute atomic E-state index is 0.636. The third-order valence-electron chi connectivity index (χ3n) is 6.01. The fourth-order valence-corrected chi connectivity index (χ4v) is 4.53. The molecule has 4 aromatic heterocycles. The first-order valence-electron chi connectivity index (χ1n) is 10.7. The van der Waals surface area contributed by atoms with Crippen molar-refractivity contribution in [3.05, 3.63) is 104 Å². The molecule has 0 aliphatic rings. The molecule has 4 heterocycles. The molecule has 0 unspecified atom stereocenters. The van der Waals surface area contributed by atoms with Crippen molar-refractivity contribution in [3.63, 3.8) is 0 Å². The van der Waals surface area contributed by atoms with Crippen LogP contribution in [0, 0.1) is 0 Å². The number of aromatic nitrogens is 2. The molecule has 0 aliphatic carbocycles. The van der Waals surface area contributed by atoms with Crippen molar-refractivity contribution in [1.82, 2.24) is 9.97 Å². The van der Waals surface area contributed by atoms with Crippen molar-refractivity contribution in [2.45, 2.75) is 0 Å². The van der Waals surface area contributed by atoms with E-state index in [-0.39, 0.29) is 0 Å². The molecule has 0 spiro atoms. The van der Waals surface area contributed by atoms with E-state index in [2.05, 4.69) is 45.2 Å². The van der Waals surface area contributed by atoms with E-state index in [1.54, 1.807) is 6.20 Å². The maximum atomic E-state index is 6.34. The normalized spacial score (nSPS) is 11.6. The van der Waals surface area contributed by atoms with Crippen LogP contribution in [0.15, 0.2) is 112 Å². The van der Waals surface area contributed by atoms with Gasteiger partial charge in [-0.15, -0.1) is 0 Å². The minimum atomic E-state index is 0.636. The molecular weight excluding hydrogens is 410 g/mol. The van der Waals surface area contributed by atoms with Crippen molar-refractivity contribution in [2.75, 3.05) is 4.90 Å². The van der Waals surface area contributed by atoms with Crippen LogP contribution in [-0.2, 0) is 0 Å². The molecule has 0 atom stereocenters. The predicted octanol–water partition coefficient (Wildman–Crippen LogP) is 7.75. The van der Waals surface area contributed by atoms with Gasteiger partial charge in [0.15, 0.2) is 5.58 Å². The molecule has 0 N–H and O–H groups in total. The lowest BCUT2D eigenvalue weighted by atomic mass is 10.1. The van der Waals surface area contributed by atoms with Gasteiger partial charge in [0.1, 0.15) is 16.9 Å². The molecule has 0 saturated carbocycles. The first-order valence-corrected chi connectivity index (χ1v) is 10.7. The summed E-state index contributed by atoms with van der Waals surface area (Å²) < 4.78 is 12.3. The number of hydrogen-bond donors (Lipinski definition) is 0. The summed E-state index contributed by atoms with van der Waals surface area (Å²) in [6.45, 7) is 0. The van der Waals surface area contributed by atoms with Gasteiger partial charge >= 0.3 is 0 Å². The third-order valence-corrected chi connectivity index (χ3v) is 6.01. The minimum Gasteiger partial charge on any atom is -0.454 e. The number of rotatable bonds is 3. The highest BCUT2D eigenvalue weighted by Crippen LogP contribution is 2.42. The fraction of sp³-hybridized carbons (Fsp3) is 0. The average Bonchev–Trinajstić information content (AvgIpc) is 3.44. The third kappa shape index (κ3) is 2.72. The van der Waals surface area contributed by atoms with Crippen LogP contribution >= 0.6 is 0 Å². The number of furan rings is 2. The summed E-state index contributed by atoms with van der Waals surface area (Å²) >= 11 is 0. The number of fused-ring (bicyclic) bond motifs is 6. The maximum absolute atomic E-state index is 6.34. The van der Waals surface area contributed by atoms with Gasteiger partial charge in [-0.3, -0.25) is 4.98 Å². The first-order chi connectivity index (χ1) is 16.4. The van der Waals surface area contributed by atoms with E-state index in [4.69, 9.17) is 8.83 Å². The summed E-state index contributed by atoms with van der Waals surface area (Å²) in [5.74, 6) is 0. The van der Waals surface area contributed by atoms with E-state index in [9.17, 15) is 0 Å². The molecule has 7 rings (SSSR count). The molecule has 0 fully saturated rings. The Balaban J connectivity index is 1.53. The average molecular weight is 427 g/mol. The van der Waals surface area contributed by atoms with Crippen molar-refractivity contribution in [2.24, 2.45) is 0 Å². The molecule has 156 valence electrons. The van der Waals surface area contributed by atoms with Crippen LogP contribution in [0.1, 0.15) is 0 Å². The van der Waals surface area contributed by atoms with Gasteiger partial charge in [0.2, 0.25) is 5.71 Å².